The minimum atomic E-state index is 0.997. The largest absolute Gasteiger partial charge is 0.316 e. The first-order valence-electron chi connectivity index (χ1n) is 5.32. The zero-order chi connectivity index (χ0) is 9.80. The third-order valence-electron chi connectivity index (χ3n) is 2.67. The quantitative estimate of drug-likeness (QED) is 0.818. The van der Waals surface area contributed by atoms with Gasteiger partial charge in [0.2, 0.25) is 0 Å². The number of nitrogens with zero attached hydrogens (tertiary/aromatic N) is 1. The van der Waals surface area contributed by atoms with E-state index in [0.29, 0.717) is 0 Å². The summed E-state index contributed by atoms with van der Waals surface area (Å²) in [6.45, 7) is 4.74. The highest BCUT2D eigenvalue weighted by Gasteiger charge is 2.12. The van der Waals surface area contributed by atoms with Crippen molar-refractivity contribution in [3.05, 3.63) is 21.9 Å². The Hall–Kier alpha value is -0.380. The maximum atomic E-state index is 3.18. The molecule has 0 amide bonds. The van der Waals surface area contributed by atoms with Crippen LogP contribution in [0, 0.1) is 0 Å². The zero-order valence-electron chi connectivity index (χ0n) is 8.75. The van der Waals surface area contributed by atoms with E-state index in [4.69, 9.17) is 0 Å². The molecule has 1 aromatic heterocycles. The fourth-order valence-electron chi connectivity index (χ4n) is 1.97. The second kappa shape index (κ2) is 4.91. The van der Waals surface area contributed by atoms with Gasteiger partial charge in [-0.25, -0.2) is 0 Å². The molecule has 1 aromatic rings. The van der Waals surface area contributed by atoms with Crippen LogP contribution in [0.15, 0.2) is 11.4 Å². The Morgan fingerprint density at radius 1 is 1.43 bits per heavy atom. The number of nitrogens with one attached hydrogen (secondary N) is 1. The molecule has 0 aromatic carbocycles. The monoisotopic (exact) mass is 210 g/mol. The molecule has 14 heavy (non-hydrogen) atoms. The average molecular weight is 210 g/mol. The SMILES string of the molecule is CNCc1csc(CN2CCCC2)c1. The van der Waals surface area contributed by atoms with E-state index >= 15 is 0 Å². The molecule has 1 aliphatic rings. The summed E-state index contributed by atoms with van der Waals surface area (Å²) in [6, 6.07) is 2.33. The number of thiophene rings is 1. The summed E-state index contributed by atoms with van der Waals surface area (Å²) in [7, 11) is 2.00. The molecule has 3 heteroatoms. The topological polar surface area (TPSA) is 15.3 Å². The van der Waals surface area contributed by atoms with E-state index in [1.807, 2.05) is 18.4 Å². The van der Waals surface area contributed by atoms with E-state index in [0.717, 1.165) is 13.1 Å². The van der Waals surface area contributed by atoms with Gasteiger partial charge < -0.3 is 5.32 Å². The highest BCUT2D eigenvalue weighted by Crippen LogP contribution is 2.19. The van der Waals surface area contributed by atoms with Crippen LogP contribution in [-0.4, -0.2) is 25.0 Å². The summed E-state index contributed by atoms with van der Waals surface area (Å²) in [5.41, 5.74) is 1.42. The smallest absolute Gasteiger partial charge is 0.0328 e. The average Bonchev–Trinajstić information content (AvgIpc) is 2.79. The summed E-state index contributed by atoms with van der Waals surface area (Å²) in [5, 5.41) is 5.45. The van der Waals surface area contributed by atoms with Gasteiger partial charge in [-0.15, -0.1) is 11.3 Å². The molecule has 0 unspecified atom stereocenters. The first-order chi connectivity index (χ1) is 6.88. The van der Waals surface area contributed by atoms with Gasteiger partial charge in [0.15, 0.2) is 0 Å². The van der Waals surface area contributed by atoms with E-state index in [1.165, 1.54) is 36.4 Å². The minimum Gasteiger partial charge on any atom is -0.316 e. The predicted molar refractivity (Wildman–Crippen MR) is 61.6 cm³/mol. The Labute approximate surface area is 89.9 Å². The van der Waals surface area contributed by atoms with Crippen molar-refractivity contribution in [2.75, 3.05) is 20.1 Å². The lowest BCUT2D eigenvalue weighted by atomic mass is 10.3. The highest BCUT2D eigenvalue weighted by molar-refractivity contribution is 7.10. The zero-order valence-corrected chi connectivity index (χ0v) is 9.57. The van der Waals surface area contributed by atoms with E-state index in [1.54, 1.807) is 0 Å². The highest BCUT2D eigenvalue weighted by atomic mass is 32.1. The summed E-state index contributed by atoms with van der Waals surface area (Å²) in [5.74, 6) is 0. The molecule has 0 atom stereocenters. The number of hydrogen-bond donors (Lipinski definition) is 1. The van der Waals surface area contributed by atoms with Gasteiger partial charge in [0.05, 0.1) is 0 Å². The van der Waals surface area contributed by atoms with Crippen LogP contribution < -0.4 is 5.32 Å². The molecule has 0 bridgehead atoms. The summed E-state index contributed by atoms with van der Waals surface area (Å²) in [4.78, 5) is 4.06. The number of hydrogen-bond acceptors (Lipinski definition) is 3. The maximum Gasteiger partial charge on any atom is 0.0328 e. The molecule has 2 rings (SSSR count). The van der Waals surface area contributed by atoms with Crippen LogP contribution in [0.2, 0.25) is 0 Å². The van der Waals surface area contributed by atoms with Crippen molar-refractivity contribution >= 4 is 11.3 Å². The molecule has 78 valence electrons. The van der Waals surface area contributed by atoms with Gasteiger partial charge in [-0.1, -0.05) is 0 Å². The van der Waals surface area contributed by atoms with Crippen molar-refractivity contribution in [1.82, 2.24) is 10.2 Å². The maximum absolute atomic E-state index is 3.18. The van der Waals surface area contributed by atoms with E-state index in [2.05, 4.69) is 21.7 Å². The van der Waals surface area contributed by atoms with Gasteiger partial charge in [-0.2, -0.15) is 0 Å². The summed E-state index contributed by atoms with van der Waals surface area (Å²) in [6.07, 6.45) is 2.77. The van der Waals surface area contributed by atoms with Crippen molar-refractivity contribution in [3.8, 4) is 0 Å². The Morgan fingerprint density at radius 2 is 2.21 bits per heavy atom. The van der Waals surface area contributed by atoms with Gasteiger partial charge in [0, 0.05) is 18.0 Å². The fourth-order valence-corrected chi connectivity index (χ4v) is 2.90. The summed E-state index contributed by atoms with van der Waals surface area (Å²) >= 11 is 1.89. The van der Waals surface area contributed by atoms with Gasteiger partial charge in [0.25, 0.3) is 0 Å². The Kier molecular flexibility index (Phi) is 3.56. The molecule has 0 aliphatic carbocycles. The molecule has 0 spiro atoms. The van der Waals surface area contributed by atoms with Gasteiger partial charge in [-0.05, 0) is 50.0 Å². The van der Waals surface area contributed by atoms with Crippen molar-refractivity contribution in [2.24, 2.45) is 0 Å². The van der Waals surface area contributed by atoms with E-state index in [9.17, 15) is 0 Å². The Balaban J connectivity index is 1.88. The van der Waals surface area contributed by atoms with E-state index in [-0.39, 0.29) is 0 Å². The number of likely N-dealkylation sites (tertiary alicyclic amines) is 1. The van der Waals surface area contributed by atoms with Crippen LogP contribution in [-0.2, 0) is 13.1 Å². The first-order valence-corrected chi connectivity index (χ1v) is 6.19. The van der Waals surface area contributed by atoms with Crippen LogP contribution in [0.1, 0.15) is 23.3 Å². The van der Waals surface area contributed by atoms with Crippen LogP contribution in [0.5, 0.6) is 0 Å². The lowest BCUT2D eigenvalue weighted by Crippen LogP contribution is -2.17. The molecular formula is C11H18N2S. The van der Waals surface area contributed by atoms with Gasteiger partial charge in [0.1, 0.15) is 0 Å². The lowest BCUT2D eigenvalue weighted by molar-refractivity contribution is 0.334. The standard InChI is InChI=1S/C11H18N2S/c1-12-7-10-6-11(14-9-10)8-13-4-2-3-5-13/h6,9,12H,2-5,7-8H2,1H3. The van der Waals surface area contributed by atoms with Crippen LogP contribution in [0.25, 0.3) is 0 Å². The van der Waals surface area contributed by atoms with Crippen molar-refractivity contribution in [1.29, 1.82) is 0 Å². The molecule has 0 radical (unpaired) electrons. The molecule has 1 aliphatic heterocycles. The Bertz CT molecular complexity index is 277. The molecule has 1 N–H and O–H groups in total. The second-order valence-corrected chi connectivity index (χ2v) is 4.93. The van der Waals surface area contributed by atoms with Gasteiger partial charge in [-0.3, -0.25) is 4.90 Å². The number of rotatable bonds is 4. The van der Waals surface area contributed by atoms with Crippen molar-refractivity contribution in [2.45, 2.75) is 25.9 Å². The van der Waals surface area contributed by atoms with E-state index < -0.39 is 0 Å². The third-order valence-corrected chi connectivity index (χ3v) is 3.64. The molecule has 1 saturated heterocycles. The first kappa shape index (κ1) is 10.1. The van der Waals surface area contributed by atoms with Crippen LogP contribution in [0.3, 0.4) is 0 Å². The molecule has 0 saturated carbocycles. The fraction of sp³-hybridized carbons (Fsp3) is 0.636. The lowest BCUT2D eigenvalue weighted by Gasteiger charge is -2.12. The molecule has 2 heterocycles. The predicted octanol–water partition coefficient (Wildman–Crippen LogP) is 2.06. The molecule has 2 nitrogen and oxygen atoms in total. The minimum absolute atomic E-state index is 0.997. The molecular weight excluding hydrogens is 192 g/mol. The second-order valence-electron chi connectivity index (χ2n) is 3.93. The van der Waals surface area contributed by atoms with Crippen LogP contribution in [0.4, 0.5) is 0 Å². The van der Waals surface area contributed by atoms with Crippen LogP contribution >= 0.6 is 11.3 Å². The molecule has 1 fully saturated rings. The van der Waals surface area contributed by atoms with Crippen molar-refractivity contribution in [3.63, 3.8) is 0 Å². The van der Waals surface area contributed by atoms with Crippen molar-refractivity contribution < 1.29 is 0 Å². The summed E-state index contributed by atoms with van der Waals surface area (Å²) < 4.78 is 0. The van der Waals surface area contributed by atoms with Gasteiger partial charge >= 0.3 is 0 Å². The Morgan fingerprint density at radius 3 is 2.93 bits per heavy atom. The normalized spacial score (nSPS) is 17.8. The third kappa shape index (κ3) is 2.56.